The molecule has 2 nitrogen and oxygen atoms in total. The fourth-order valence-electron chi connectivity index (χ4n) is 7.89. The average molecular weight is 639 g/mol. The van der Waals surface area contributed by atoms with Crippen molar-refractivity contribution in [3.8, 4) is 44.5 Å². The highest BCUT2D eigenvalue weighted by atomic mass is 15.2. The van der Waals surface area contributed by atoms with Gasteiger partial charge in [-0.25, -0.2) is 4.98 Å². The van der Waals surface area contributed by atoms with E-state index in [0.29, 0.717) is 0 Å². The van der Waals surface area contributed by atoms with Crippen LogP contribution in [0.2, 0.25) is 0 Å². The van der Waals surface area contributed by atoms with E-state index >= 15 is 0 Å². The van der Waals surface area contributed by atoms with Crippen LogP contribution in [0.4, 0.5) is 11.5 Å². The summed E-state index contributed by atoms with van der Waals surface area (Å²) in [7, 11) is 0. The molecule has 1 aliphatic rings. The standard InChI is InChI=1S/C48H34N2/c1-3-17-33-18-10-11-23-36(33)32(2)50(43-28-14-15-31-49-43)42-30-29-41-46-39(42)26-16-27-40(46)47-44(34-19-6-4-7-20-34)37-24-12-13-25-38(37)45(48(41)47)35-21-8-5-9-22-35/h3-31H,2H2,1H3/b17-3-. The molecule has 236 valence electrons. The minimum Gasteiger partial charge on any atom is -0.294 e. The Morgan fingerprint density at radius 1 is 0.540 bits per heavy atom. The summed E-state index contributed by atoms with van der Waals surface area (Å²) >= 11 is 0. The van der Waals surface area contributed by atoms with Crippen LogP contribution in [-0.4, -0.2) is 4.98 Å². The Labute approximate surface area is 292 Å². The van der Waals surface area contributed by atoms with E-state index in [1.54, 1.807) is 0 Å². The fraction of sp³-hybridized carbons (Fsp3) is 0.0208. The molecule has 2 heteroatoms. The molecule has 8 aromatic rings. The van der Waals surface area contributed by atoms with Crippen LogP contribution in [0, 0.1) is 0 Å². The third-order valence-electron chi connectivity index (χ3n) is 9.90. The maximum Gasteiger partial charge on any atom is 0.137 e. The first-order valence-corrected chi connectivity index (χ1v) is 17.1. The molecule has 0 saturated heterocycles. The summed E-state index contributed by atoms with van der Waals surface area (Å²) in [6, 6.07) is 56.5. The average Bonchev–Trinajstić information content (AvgIpc) is 3.51. The van der Waals surface area contributed by atoms with Crippen LogP contribution >= 0.6 is 0 Å². The maximum absolute atomic E-state index is 4.88. The van der Waals surface area contributed by atoms with Crippen molar-refractivity contribution in [1.29, 1.82) is 0 Å². The molecule has 1 aliphatic carbocycles. The van der Waals surface area contributed by atoms with Gasteiger partial charge in [0.2, 0.25) is 0 Å². The number of rotatable bonds is 7. The summed E-state index contributed by atoms with van der Waals surface area (Å²) in [5.74, 6) is 0.824. The molecule has 0 spiro atoms. The summed E-state index contributed by atoms with van der Waals surface area (Å²) in [6.45, 7) is 6.77. The zero-order chi connectivity index (χ0) is 33.6. The lowest BCUT2D eigenvalue weighted by molar-refractivity contribution is 1.19. The van der Waals surface area contributed by atoms with Gasteiger partial charge in [-0.1, -0.05) is 158 Å². The van der Waals surface area contributed by atoms with Crippen LogP contribution in [0.5, 0.6) is 0 Å². The molecule has 7 aromatic carbocycles. The second-order valence-electron chi connectivity index (χ2n) is 12.7. The van der Waals surface area contributed by atoms with E-state index in [1.165, 1.54) is 60.7 Å². The normalized spacial score (nSPS) is 11.7. The molecular formula is C48H34N2. The molecule has 0 radical (unpaired) electrons. The quantitative estimate of drug-likeness (QED) is 0.173. The summed E-state index contributed by atoms with van der Waals surface area (Å²) < 4.78 is 0. The second kappa shape index (κ2) is 12.2. The molecule has 0 amide bonds. The predicted octanol–water partition coefficient (Wildman–Crippen LogP) is 13.2. The van der Waals surface area contributed by atoms with Crippen LogP contribution in [0.1, 0.15) is 18.1 Å². The Balaban J connectivity index is 1.38. The SMILES string of the molecule is C=C(c1ccccc1/C=C\C)N(c1ccccn1)c1ccc2c3c(cccc13)-c1c-2c(-c2ccccc2)c2ccccc2c1-c1ccccc1. The van der Waals surface area contributed by atoms with E-state index in [1.807, 2.05) is 25.3 Å². The zero-order valence-electron chi connectivity index (χ0n) is 27.8. The van der Waals surface area contributed by atoms with E-state index in [9.17, 15) is 0 Å². The number of allylic oxidation sites excluding steroid dienone is 1. The first-order chi connectivity index (χ1) is 24.7. The Morgan fingerprint density at radius 2 is 1.12 bits per heavy atom. The second-order valence-corrected chi connectivity index (χ2v) is 12.7. The smallest absolute Gasteiger partial charge is 0.137 e. The lowest BCUT2D eigenvalue weighted by Gasteiger charge is -2.28. The molecule has 0 N–H and O–H groups in total. The van der Waals surface area contributed by atoms with Crippen molar-refractivity contribution in [2.45, 2.75) is 6.92 Å². The van der Waals surface area contributed by atoms with Crippen LogP contribution in [0.25, 0.3) is 77.8 Å². The number of fused-ring (bicyclic) bond motifs is 4. The molecule has 0 bridgehead atoms. The van der Waals surface area contributed by atoms with Crippen LogP contribution < -0.4 is 4.90 Å². The number of anilines is 2. The van der Waals surface area contributed by atoms with E-state index < -0.39 is 0 Å². The number of aromatic nitrogens is 1. The van der Waals surface area contributed by atoms with Crippen molar-refractivity contribution in [2.75, 3.05) is 4.90 Å². The maximum atomic E-state index is 4.88. The molecule has 0 aliphatic heterocycles. The van der Waals surface area contributed by atoms with Gasteiger partial charge in [0.1, 0.15) is 5.82 Å². The minimum atomic E-state index is 0.824. The van der Waals surface area contributed by atoms with Crippen molar-refractivity contribution >= 4 is 44.8 Å². The molecule has 0 saturated carbocycles. The van der Waals surface area contributed by atoms with E-state index in [2.05, 4.69) is 163 Å². The summed E-state index contributed by atoms with van der Waals surface area (Å²) in [4.78, 5) is 7.10. The monoisotopic (exact) mass is 638 g/mol. The third kappa shape index (κ3) is 4.61. The first kappa shape index (κ1) is 29.6. The van der Waals surface area contributed by atoms with Gasteiger partial charge in [0.05, 0.1) is 5.69 Å². The molecule has 50 heavy (non-hydrogen) atoms. The molecule has 0 unspecified atom stereocenters. The van der Waals surface area contributed by atoms with Gasteiger partial charge in [-0.2, -0.15) is 0 Å². The van der Waals surface area contributed by atoms with Crippen LogP contribution in [0.15, 0.2) is 177 Å². The van der Waals surface area contributed by atoms with E-state index in [0.717, 1.165) is 33.7 Å². The third-order valence-corrected chi connectivity index (χ3v) is 9.90. The Morgan fingerprint density at radius 3 is 1.76 bits per heavy atom. The fourth-order valence-corrected chi connectivity index (χ4v) is 7.89. The number of pyridine rings is 1. The van der Waals surface area contributed by atoms with Crippen molar-refractivity contribution in [3.63, 3.8) is 0 Å². The van der Waals surface area contributed by atoms with E-state index in [4.69, 9.17) is 11.6 Å². The van der Waals surface area contributed by atoms with Gasteiger partial charge in [0, 0.05) is 22.8 Å². The Kier molecular flexibility index (Phi) is 7.21. The molecular weight excluding hydrogens is 605 g/mol. The summed E-state index contributed by atoms with van der Waals surface area (Å²) in [5.41, 5.74) is 14.1. The summed E-state index contributed by atoms with van der Waals surface area (Å²) in [6.07, 6.45) is 6.07. The van der Waals surface area contributed by atoms with Gasteiger partial charge in [-0.05, 0) is 91.4 Å². The highest BCUT2D eigenvalue weighted by Crippen LogP contribution is 2.59. The Hall–Kier alpha value is -6.51. The number of hydrogen-bond acceptors (Lipinski definition) is 2. The number of nitrogens with zero attached hydrogens (tertiary/aromatic N) is 2. The molecule has 9 rings (SSSR count). The molecule has 0 fully saturated rings. The van der Waals surface area contributed by atoms with Crippen molar-refractivity contribution in [1.82, 2.24) is 4.98 Å². The number of hydrogen-bond donors (Lipinski definition) is 0. The topological polar surface area (TPSA) is 16.1 Å². The van der Waals surface area contributed by atoms with Gasteiger partial charge in [-0.15, -0.1) is 0 Å². The van der Waals surface area contributed by atoms with Gasteiger partial charge in [0.25, 0.3) is 0 Å². The van der Waals surface area contributed by atoms with Gasteiger partial charge in [0.15, 0.2) is 0 Å². The highest BCUT2D eigenvalue weighted by molar-refractivity contribution is 6.29. The lowest BCUT2D eigenvalue weighted by Crippen LogP contribution is -2.17. The lowest BCUT2D eigenvalue weighted by atomic mass is 9.82. The highest BCUT2D eigenvalue weighted by Gasteiger charge is 2.32. The summed E-state index contributed by atoms with van der Waals surface area (Å²) in [5, 5.41) is 4.92. The van der Waals surface area contributed by atoms with Gasteiger partial charge in [-0.3, -0.25) is 4.90 Å². The number of benzene rings is 7. The van der Waals surface area contributed by atoms with Gasteiger partial charge < -0.3 is 0 Å². The van der Waals surface area contributed by atoms with Gasteiger partial charge >= 0.3 is 0 Å². The largest absolute Gasteiger partial charge is 0.294 e. The van der Waals surface area contributed by atoms with Crippen molar-refractivity contribution in [2.24, 2.45) is 0 Å². The first-order valence-electron chi connectivity index (χ1n) is 17.1. The van der Waals surface area contributed by atoms with Crippen molar-refractivity contribution in [3.05, 3.63) is 188 Å². The Bertz CT molecular complexity index is 2510. The molecule has 0 atom stereocenters. The predicted molar refractivity (Wildman–Crippen MR) is 213 cm³/mol. The zero-order valence-corrected chi connectivity index (χ0v) is 27.8. The van der Waals surface area contributed by atoms with E-state index in [-0.39, 0.29) is 0 Å². The minimum absolute atomic E-state index is 0.824. The van der Waals surface area contributed by atoms with Crippen LogP contribution in [-0.2, 0) is 0 Å². The molecule has 1 aromatic heterocycles. The molecule has 1 heterocycles. The van der Waals surface area contributed by atoms with Crippen LogP contribution in [0.3, 0.4) is 0 Å². The van der Waals surface area contributed by atoms with Crippen molar-refractivity contribution < 1.29 is 0 Å².